The second-order valence-corrected chi connectivity index (χ2v) is 15.2. The van der Waals surface area contributed by atoms with E-state index in [-0.39, 0.29) is 6.71 Å². The first-order valence-corrected chi connectivity index (χ1v) is 19.5. The molecule has 0 amide bonds. The van der Waals surface area contributed by atoms with Gasteiger partial charge in [-0.2, -0.15) is 0 Å². The Morgan fingerprint density at radius 1 is 0.393 bits per heavy atom. The van der Waals surface area contributed by atoms with Crippen LogP contribution >= 0.6 is 0 Å². The van der Waals surface area contributed by atoms with Crippen molar-refractivity contribution in [3.05, 3.63) is 194 Å². The van der Waals surface area contributed by atoms with Crippen LogP contribution in [-0.4, -0.2) is 11.3 Å². The molecule has 56 heavy (non-hydrogen) atoms. The average molecular weight is 710 g/mol. The van der Waals surface area contributed by atoms with E-state index in [2.05, 4.69) is 208 Å². The monoisotopic (exact) mass is 709 g/mol. The van der Waals surface area contributed by atoms with Crippen molar-refractivity contribution in [3.63, 3.8) is 0 Å². The van der Waals surface area contributed by atoms with Crippen molar-refractivity contribution in [2.75, 3.05) is 9.80 Å². The molecule has 258 valence electrons. The summed E-state index contributed by atoms with van der Waals surface area (Å²) in [6.07, 6.45) is 0. The molecule has 0 bridgehead atoms. The molecule has 0 spiro atoms. The van der Waals surface area contributed by atoms with E-state index < -0.39 is 0 Å². The molecule has 2 aliphatic heterocycles. The van der Waals surface area contributed by atoms with Crippen LogP contribution in [0, 0.1) is 0 Å². The summed E-state index contributed by atoms with van der Waals surface area (Å²) in [5, 5.41) is 5.33. The molecule has 1 aromatic heterocycles. The first-order valence-electron chi connectivity index (χ1n) is 19.5. The van der Waals surface area contributed by atoms with E-state index in [1.807, 2.05) is 0 Å². The van der Waals surface area contributed by atoms with Gasteiger partial charge in [-0.15, -0.1) is 0 Å². The van der Waals surface area contributed by atoms with Crippen molar-refractivity contribution in [2.24, 2.45) is 0 Å². The summed E-state index contributed by atoms with van der Waals surface area (Å²) in [5.41, 5.74) is 19.9. The van der Waals surface area contributed by atoms with E-state index in [4.69, 9.17) is 0 Å². The number of hydrogen-bond acceptors (Lipinski definition) is 2. The van der Waals surface area contributed by atoms with Crippen LogP contribution in [0.4, 0.5) is 34.1 Å². The van der Waals surface area contributed by atoms with Gasteiger partial charge in [0.05, 0.1) is 16.7 Å². The van der Waals surface area contributed by atoms with Gasteiger partial charge in [0.15, 0.2) is 0 Å². The first kappa shape index (κ1) is 30.1. The largest absolute Gasteiger partial charge is 0.311 e. The molecule has 0 N–H and O–H groups in total. The minimum Gasteiger partial charge on any atom is -0.311 e. The quantitative estimate of drug-likeness (QED) is 0.169. The molecule has 0 fully saturated rings. The zero-order valence-electron chi connectivity index (χ0n) is 30.4. The van der Waals surface area contributed by atoms with E-state index in [1.54, 1.807) is 0 Å². The van der Waals surface area contributed by atoms with Crippen molar-refractivity contribution in [1.82, 2.24) is 4.57 Å². The summed E-state index contributed by atoms with van der Waals surface area (Å²) in [4.78, 5) is 4.91. The molecule has 4 heteroatoms. The summed E-state index contributed by atoms with van der Waals surface area (Å²) in [7, 11) is 0. The van der Waals surface area contributed by atoms with Gasteiger partial charge in [0.2, 0.25) is 0 Å². The highest BCUT2D eigenvalue weighted by Crippen LogP contribution is 2.51. The molecule has 3 nitrogen and oxygen atoms in total. The molecule has 9 aromatic carbocycles. The lowest BCUT2D eigenvalue weighted by Gasteiger charge is -2.41. The van der Waals surface area contributed by atoms with E-state index in [0.29, 0.717) is 0 Å². The lowest BCUT2D eigenvalue weighted by atomic mass is 9.33. The minimum atomic E-state index is 0.0334. The number of hydrogen-bond donors (Lipinski definition) is 0. The third-order valence-corrected chi connectivity index (χ3v) is 12.4. The Hall–Kier alpha value is -7.30. The Kier molecular flexibility index (Phi) is 5.98. The fraction of sp³-hybridized carbons (Fsp3) is 0. The van der Waals surface area contributed by atoms with E-state index >= 15 is 0 Å². The summed E-state index contributed by atoms with van der Waals surface area (Å²) < 4.78 is 2.62. The number of anilines is 6. The summed E-state index contributed by atoms with van der Waals surface area (Å²) in [6.45, 7) is 0.0334. The molecular formula is C52H32BN3. The van der Waals surface area contributed by atoms with Gasteiger partial charge in [0, 0.05) is 44.9 Å². The lowest BCUT2D eigenvalue weighted by molar-refractivity contribution is 1.16. The topological polar surface area (TPSA) is 11.4 Å². The highest BCUT2D eigenvalue weighted by atomic mass is 15.2. The molecular weight excluding hydrogens is 677 g/mol. The second-order valence-electron chi connectivity index (χ2n) is 15.2. The second kappa shape index (κ2) is 11.1. The lowest BCUT2D eigenvalue weighted by Crippen LogP contribution is -2.60. The molecule has 13 rings (SSSR count). The van der Waals surface area contributed by atoms with Crippen LogP contribution in [0.1, 0.15) is 0 Å². The molecule has 0 saturated carbocycles. The molecule has 1 aliphatic carbocycles. The zero-order valence-corrected chi connectivity index (χ0v) is 30.4. The van der Waals surface area contributed by atoms with Gasteiger partial charge in [0.1, 0.15) is 0 Å². The maximum atomic E-state index is 2.62. The van der Waals surface area contributed by atoms with Gasteiger partial charge in [-0.05, 0) is 110 Å². The molecule has 0 radical (unpaired) electrons. The number of para-hydroxylation sites is 4. The molecule has 10 aromatic rings. The predicted octanol–water partition coefficient (Wildman–Crippen LogP) is 11.7. The van der Waals surface area contributed by atoms with Crippen molar-refractivity contribution in [1.29, 1.82) is 0 Å². The number of nitrogens with zero attached hydrogens (tertiary/aromatic N) is 3. The maximum Gasteiger partial charge on any atom is 0.252 e. The smallest absolute Gasteiger partial charge is 0.252 e. The molecule has 0 unspecified atom stereocenters. The summed E-state index contributed by atoms with van der Waals surface area (Å²) in [5.74, 6) is 0. The third-order valence-electron chi connectivity index (χ3n) is 12.4. The third kappa shape index (κ3) is 3.87. The Morgan fingerprint density at radius 2 is 0.982 bits per heavy atom. The number of rotatable bonds is 4. The van der Waals surface area contributed by atoms with Gasteiger partial charge in [-0.1, -0.05) is 133 Å². The van der Waals surface area contributed by atoms with Crippen LogP contribution in [0.3, 0.4) is 0 Å². The van der Waals surface area contributed by atoms with Gasteiger partial charge in [-0.25, -0.2) is 0 Å². The van der Waals surface area contributed by atoms with Crippen LogP contribution in [0.25, 0.3) is 60.5 Å². The first-order chi connectivity index (χ1) is 27.8. The molecule has 3 heterocycles. The van der Waals surface area contributed by atoms with E-state index in [0.717, 1.165) is 22.7 Å². The molecule has 0 saturated heterocycles. The van der Waals surface area contributed by atoms with E-state index in [1.165, 1.54) is 88.3 Å². The van der Waals surface area contributed by atoms with E-state index in [9.17, 15) is 0 Å². The van der Waals surface area contributed by atoms with Crippen molar-refractivity contribution in [3.8, 4) is 27.9 Å². The van der Waals surface area contributed by atoms with Crippen molar-refractivity contribution >= 4 is 89.8 Å². The SMILES string of the molecule is c1ccc(N(c2ccccc2)c2cc3c4c(c2)-n2c5cccc6c5c5c7c(cccc7cc(c52)B4c2ccccc2N3c2ccccc2)-c2ccccc2-6)cc1. The van der Waals surface area contributed by atoms with Gasteiger partial charge in [-0.3, -0.25) is 0 Å². The Morgan fingerprint density at radius 3 is 1.71 bits per heavy atom. The van der Waals surface area contributed by atoms with Gasteiger partial charge >= 0.3 is 0 Å². The molecule has 3 aliphatic rings. The number of fused-ring (bicyclic) bond motifs is 8. The van der Waals surface area contributed by atoms with Crippen LogP contribution in [0.15, 0.2) is 194 Å². The Bertz CT molecular complexity index is 3220. The summed E-state index contributed by atoms with van der Waals surface area (Å²) in [6, 6.07) is 71.9. The van der Waals surface area contributed by atoms with Crippen molar-refractivity contribution < 1.29 is 0 Å². The fourth-order valence-corrected chi connectivity index (χ4v) is 10.3. The van der Waals surface area contributed by atoms with Crippen molar-refractivity contribution in [2.45, 2.75) is 0 Å². The summed E-state index contributed by atoms with van der Waals surface area (Å²) >= 11 is 0. The zero-order chi connectivity index (χ0) is 36.5. The highest BCUT2D eigenvalue weighted by molar-refractivity contribution is 7.00. The number of benzene rings is 9. The standard InChI is InChI=1S/C52H32BN3/c1-4-17-34(18-5-1)54(35-19-6-2-7-20-35)37-31-46-51-47(32-37)56-45-29-15-26-41-39-24-11-10-23-38(39)40-25-14-16-33-30-43(52(56)50(48(33)40)49(41)45)53(51)42-27-12-13-28-44(42)55(46)36-21-8-3-9-22-36/h1-32H. The van der Waals surface area contributed by atoms with Crippen LogP contribution < -0.4 is 26.2 Å². The van der Waals surface area contributed by atoms with Crippen LogP contribution in [-0.2, 0) is 0 Å². The predicted molar refractivity (Wildman–Crippen MR) is 237 cm³/mol. The van der Waals surface area contributed by atoms with Gasteiger partial charge in [0.25, 0.3) is 6.71 Å². The van der Waals surface area contributed by atoms with Crippen LogP contribution in [0.5, 0.6) is 0 Å². The number of aromatic nitrogens is 1. The highest BCUT2D eigenvalue weighted by Gasteiger charge is 2.43. The normalized spacial score (nSPS) is 12.9. The maximum absolute atomic E-state index is 2.62. The van der Waals surface area contributed by atoms with Crippen LogP contribution in [0.2, 0.25) is 0 Å². The molecule has 0 atom stereocenters. The van der Waals surface area contributed by atoms with Gasteiger partial charge < -0.3 is 14.4 Å². The fourth-order valence-electron chi connectivity index (χ4n) is 10.3. The minimum absolute atomic E-state index is 0.0334. The Balaban J connectivity index is 1.25. The Labute approximate surface area is 325 Å². The average Bonchev–Trinajstić information content (AvgIpc) is 3.55.